The number of ether oxygens (including phenoxy) is 1. The summed E-state index contributed by atoms with van der Waals surface area (Å²) in [6.07, 6.45) is 8.96. The number of hydrogen-bond acceptors (Lipinski definition) is 3. The van der Waals surface area contributed by atoms with Gasteiger partial charge in [-0.25, -0.2) is 0 Å². The Hall–Kier alpha value is -0.380. The van der Waals surface area contributed by atoms with Crippen LogP contribution in [0.5, 0.6) is 0 Å². The molecule has 5 atom stereocenters. The average molecular weight is 267 g/mol. The lowest BCUT2D eigenvalue weighted by Crippen LogP contribution is -2.33. The van der Waals surface area contributed by atoms with E-state index in [0.29, 0.717) is 31.0 Å². The van der Waals surface area contributed by atoms with Gasteiger partial charge in [-0.05, 0) is 37.0 Å². The van der Waals surface area contributed by atoms with Gasteiger partial charge >= 0.3 is 0 Å². The predicted octanol–water partition coefficient (Wildman–Crippen LogP) is 2.35. The van der Waals surface area contributed by atoms with Crippen LogP contribution in [0.3, 0.4) is 0 Å². The van der Waals surface area contributed by atoms with E-state index < -0.39 is 0 Å². The first-order chi connectivity index (χ1) is 9.20. The van der Waals surface area contributed by atoms with E-state index in [0.717, 1.165) is 25.4 Å². The van der Waals surface area contributed by atoms with E-state index >= 15 is 0 Å². The number of rotatable bonds is 8. The van der Waals surface area contributed by atoms with Gasteiger partial charge in [-0.1, -0.05) is 32.4 Å². The van der Waals surface area contributed by atoms with Gasteiger partial charge in [0.05, 0.1) is 19.3 Å². The van der Waals surface area contributed by atoms with Crippen LogP contribution in [0.25, 0.3) is 0 Å². The van der Waals surface area contributed by atoms with Crippen molar-refractivity contribution in [2.24, 2.45) is 17.8 Å². The van der Waals surface area contributed by atoms with Gasteiger partial charge in [-0.3, -0.25) is 0 Å². The first kappa shape index (κ1) is 15.0. The highest BCUT2D eigenvalue weighted by Gasteiger charge is 2.34. The zero-order valence-corrected chi connectivity index (χ0v) is 12.3. The fourth-order valence-corrected chi connectivity index (χ4v) is 2.89. The van der Waals surface area contributed by atoms with Crippen LogP contribution in [-0.4, -0.2) is 37.0 Å². The van der Waals surface area contributed by atoms with Crippen LogP contribution < -0.4 is 5.32 Å². The second kappa shape index (κ2) is 7.41. The lowest BCUT2D eigenvalue weighted by molar-refractivity contribution is 0.0126. The first-order valence-corrected chi connectivity index (χ1v) is 7.84. The van der Waals surface area contributed by atoms with E-state index in [9.17, 15) is 5.11 Å². The number of aliphatic hydroxyl groups excluding tert-OH is 1. The van der Waals surface area contributed by atoms with Gasteiger partial charge in [-0.15, -0.1) is 0 Å². The van der Waals surface area contributed by atoms with Gasteiger partial charge in [0, 0.05) is 12.6 Å². The third-order valence-electron chi connectivity index (χ3n) is 4.62. The molecular weight excluding hydrogens is 238 g/mol. The van der Waals surface area contributed by atoms with E-state index in [4.69, 9.17) is 4.74 Å². The summed E-state index contributed by atoms with van der Waals surface area (Å²) in [6.45, 7) is 6.42. The molecule has 2 rings (SSSR count). The summed E-state index contributed by atoms with van der Waals surface area (Å²) in [5.41, 5.74) is 0. The van der Waals surface area contributed by atoms with Crippen molar-refractivity contribution >= 4 is 0 Å². The summed E-state index contributed by atoms with van der Waals surface area (Å²) >= 11 is 0. The summed E-state index contributed by atoms with van der Waals surface area (Å²) in [4.78, 5) is 0. The Morgan fingerprint density at radius 1 is 1.32 bits per heavy atom. The quantitative estimate of drug-likeness (QED) is 0.663. The van der Waals surface area contributed by atoms with Crippen LogP contribution in [-0.2, 0) is 4.74 Å². The Balaban J connectivity index is 1.51. The smallest absolute Gasteiger partial charge is 0.0897 e. The molecular formula is C16H29NO2. The lowest BCUT2D eigenvalue weighted by atomic mass is 9.85. The molecule has 2 aliphatic rings. The molecule has 1 fully saturated rings. The van der Waals surface area contributed by atoms with Gasteiger partial charge in [0.2, 0.25) is 0 Å². The van der Waals surface area contributed by atoms with Crippen molar-refractivity contribution < 1.29 is 9.84 Å². The van der Waals surface area contributed by atoms with Crippen molar-refractivity contribution in [3.8, 4) is 0 Å². The molecule has 0 aliphatic heterocycles. The molecule has 0 aromatic carbocycles. The molecule has 19 heavy (non-hydrogen) atoms. The minimum Gasteiger partial charge on any atom is -0.389 e. The normalized spacial score (nSPS) is 35.3. The molecule has 3 nitrogen and oxygen atoms in total. The highest BCUT2D eigenvalue weighted by molar-refractivity contribution is 4.93. The fraction of sp³-hybridized carbons (Fsp3) is 0.875. The van der Waals surface area contributed by atoms with Crippen LogP contribution in [0, 0.1) is 17.8 Å². The lowest BCUT2D eigenvalue weighted by Gasteiger charge is -2.25. The molecule has 0 aromatic heterocycles. The Bertz CT molecular complexity index is 292. The molecule has 5 unspecified atom stereocenters. The standard InChI is InChI=1S/C16H29NO2/c1-3-13-8-16(13)17-9-15(18)11-19-10-14-7-5-4-6-12(14)2/h4-5,12-18H,3,6-11H2,1-2H3. The van der Waals surface area contributed by atoms with E-state index in [1.807, 2.05) is 0 Å². The van der Waals surface area contributed by atoms with Crippen molar-refractivity contribution in [1.29, 1.82) is 0 Å². The Morgan fingerprint density at radius 3 is 2.79 bits per heavy atom. The van der Waals surface area contributed by atoms with Crippen molar-refractivity contribution in [2.45, 2.75) is 51.7 Å². The molecule has 2 aliphatic carbocycles. The van der Waals surface area contributed by atoms with Crippen LogP contribution >= 0.6 is 0 Å². The van der Waals surface area contributed by atoms with Crippen LogP contribution in [0.1, 0.15) is 39.5 Å². The van der Waals surface area contributed by atoms with Gasteiger partial charge in [0.1, 0.15) is 0 Å². The van der Waals surface area contributed by atoms with E-state index in [-0.39, 0.29) is 6.10 Å². The van der Waals surface area contributed by atoms with Gasteiger partial charge in [0.15, 0.2) is 0 Å². The number of hydrogen-bond donors (Lipinski definition) is 2. The Morgan fingerprint density at radius 2 is 2.11 bits per heavy atom. The van der Waals surface area contributed by atoms with Crippen LogP contribution in [0.4, 0.5) is 0 Å². The average Bonchev–Trinajstić information content (AvgIpc) is 3.17. The third kappa shape index (κ3) is 4.90. The van der Waals surface area contributed by atoms with Gasteiger partial charge in [-0.2, -0.15) is 0 Å². The number of nitrogens with one attached hydrogen (secondary N) is 1. The molecule has 3 heteroatoms. The molecule has 110 valence electrons. The van der Waals surface area contributed by atoms with Crippen molar-refractivity contribution in [2.75, 3.05) is 19.8 Å². The number of allylic oxidation sites excluding steroid dienone is 2. The molecule has 0 heterocycles. The molecule has 0 saturated heterocycles. The molecule has 0 spiro atoms. The largest absolute Gasteiger partial charge is 0.389 e. The predicted molar refractivity (Wildman–Crippen MR) is 78.0 cm³/mol. The van der Waals surface area contributed by atoms with Crippen molar-refractivity contribution in [3.63, 3.8) is 0 Å². The molecule has 2 N–H and O–H groups in total. The van der Waals surface area contributed by atoms with Crippen LogP contribution in [0.15, 0.2) is 12.2 Å². The minimum absolute atomic E-state index is 0.368. The molecule has 0 aromatic rings. The molecule has 0 amide bonds. The van der Waals surface area contributed by atoms with Gasteiger partial charge in [0.25, 0.3) is 0 Å². The maximum Gasteiger partial charge on any atom is 0.0897 e. The third-order valence-corrected chi connectivity index (χ3v) is 4.62. The molecule has 1 saturated carbocycles. The van der Waals surface area contributed by atoms with E-state index in [1.165, 1.54) is 12.8 Å². The highest BCUT2D eigenvalue weighted by Crippen LogP contribution is 2.32. The summed E-state index contributed by atoms with van der Waals surface area (Å²) in [6, 6.07) is 0.642. The number of aliphatic hydroxyl groups is 1. The first-order valence-electron chi connectivity index (χ1n) is 7.84. The monoisotopic (exact) mass is 267 g/mol. The Kier molecular flexibility index (Phi) is 5.86. The zero-order valence-electron chi connectivity index (χ0n) is 12.3. The summed E-state index contributed by atoms with van der Waals surface area (Å²) in [5, 5.41) is 13.3. The molecule has 0 radical (unpaired) electrons. The van der Waals surface area contributed by atoms with Crippen LogP contribution in [0.2, 0.25) is 0 Å². The summed E-state index contributed by atoms with van der Waals surface area (Å²) in [5.74, 6) is 2.16. The SMILES string of the molecule is CCC1CC1NCC(O)COCC1CC=CCC1C. The Labute approximate surface area is 117 Å². The zero-order chi connectivity index (χ0) is 13.7. The molecule has 0 bridgehead atoms. The maximum atomic E-state index is 9.88. The van der Waals surface area contributed by atoms with E-state index in [1.54, 1.807) is 0 Å². The maximum absolute atomic E-state index is 9.88. The second-order valence-electron chi connectivity index (χ2n) is 6.29. The van der Waals surface area contributed by atoms with E-state index in [2.05, 4.69) is 31.3 Å². The summed E-state index contributed by atoms with van der Waals surface area (Å²) in [7, 11) is 0. The highest BCUT2D eigenvalue weighted by atomic mass is 16.5. The summed E-state index contributed by atoms with van der Waals surface area (Å²) < 4.78 is 5.69. The van der Waals surface area contributed by atoms with Crippen molar-refractivity contribution in [3.05, 3.63) is 12.2 Å². The van der Waals surface area contributed by atoms with Crippen molar-refractivity contribution in [1.82, 2.24) is 5.32 Å². The van der Waals surface area contributed by atoms with Gasteiger partial charge < -0.3 is 15.2 Å². The fourth-order valence-electron chi connectivity index (χ4n) is 2.89. The second-order valence-corrected chi connectivity index (χ2v) is 6.29. The topological polar surface area (TPSA) is 41.5 Å². The minimum atomic E-state index is -0.368.